The van der Waals surface area contributed by atoms with Crippen LogP contribution in [-0.4, -0.2) is 31.1 Å². The minimum Gasteiger partial charge on any atom is -0.504 e. The first kappa shape index (κ1) is 19.0. The molecule has 0 bridgehead atoms. The van der Waals surface area contributed by atoms with Crippen LogP contribution in [0.3, 0.4) is 0 Å². The van der Waals surface area contributed by atoms with Crippen molar-refractivity contribution in [1.82, 2.24) is 0 Å². The Balaban J connectivity index is 2.57. The van der Waals surface area contributed by atoms with Crippen molar-refractivity contribution >= 4 is 17.8 Å². The zero-order valence-corrected chi connectivity index (χ0v) is 14.4. The van der Waals surface area contributed by atoms with Crippen molar-refractivity contribution in [2.24, 2.45) is 0 Å². The SMILES string of the molecule is COc1c(F)c(O)c(/C=C/C(=O)c2ccccc2)c(OC)c1OC(C)=O. The maximum absolute atomic E-state index is 14.4. The van der Waals surface area contributed by atoms with Gasteiger partial charge >= 0.3 is 5.97 Å². The van der Waals surface area contributed by atoms with Crippen molar-refractivity contribution in [1.29, 1.82) is 0 Å². The Morgan fingerprint density at radius 1 is 1.04 bits per heavy atom. The predicted octanol–water partition coefficient (Wildman–Crippen LogP) is 3.37. The fourth-order valence-electron chi connectivity index (χ4n) is 2.29. The van der Waals surface area contributed by atoms with Gasteiger partial charge in [-0.3, -0.25) is 9.59 Å². The average molecular weight is 360 g/mol. The van der Waals surface area contributed by atoms with Gasteiger partial charge in [-0.15, -0.1) is 0 Å². The van der Waals surface area contributed by atoms with Gasteiger partial charge in [-0.25, -0.2) is 0 Å². The van der Waals surface area contributed by atoms with E-state index in [-0.39, 0.29) is 22.8 Å². The fourth-order valence-corrected chi connectivity index (χ4v) is 2.29. The van der Waals surface area contributed by atoms with Crippen LogP contribution in [0.5, 0.6) is 23.0 Å². The number of carbonyl (C=O) groups excluding carboxylic acids is 2. The van der Waals surface area contributed by atoms with E-state index in [2.05, 4.69) is 0 Å². The van der Waals surface area contributed by atoms with Gasteiger partial charge in [0.25, 0.3) is 0 Å². The second-order valence-electron chi connectivity index (χ2n) is 5.13. The molecule has 2 aromatic rings. The molecule has 0 saturated heterocycles. The first-order chi connectivity index (χ1) is 12.4. The third kappa shape index (κ3) is 3.83. The van der Waals surface area contributed by atoms with Crippen LogP contribution in [-0.2, 0) is 4.79 Å². The molecule has 0 unspecified atom stereocenters. The molecule has 0 amide bonds. The van der Waals surface area contributed by atoms with Crippen molar-refractivity contribution in [2.75, 3.05) is 14.2 Å². The van der Waals surface area contributed by atoms with Gasteiger partial charge in [0.2, 0.25) is 17.3 Å². The summed E-state index contributed by atoms with van der Waals surface area (Å²) in [5, 5.41) is 10.1. The molecule has 2 rings (SSSR count). The summed E-state index contributed by atoms with van der Waals surface area (Å²) < 4.78 is 29.4. The number of phenols is 1. The molecule has 0 spiro atoms. The molecule has 0 heterocycles. The van der Waals surface area contributed by atoms with Crippen LogP contribution in [0.15, 0.2) is 36.4 Å². The van der Waals surface area contributed by atoms with Crippen LogP contribution in [0.1, 0.15) is 22.8 Å². The molecule has 6 nitrogen and oxygen atoms in total. The molecule has 136 valence electrons. The Kier molecular flexibility index (Phi) is 5.95. The summed E-state index contributed by atoms with van der Waals surface area (Å²) in [6.07, 6.45) is 2.33. The average Bonchev–Trinajstić information content (AvgIpc) is 2.63. The number of ether oxygens (including phenoxy) is 3. The zero-order chi connectivity index (χ0) is 19.3. The highest BCUT2D eigenvalue weighted by Gasteiger charge is 2.27. The van der Waals surface area contributed by atoms with Gasteiger partial charge in [0, 0.05) is 12.5 Å². The monoisotopic (exact) mass is 360 g/mol. The first-order valence-corrected chi connectivity index (χ1v) is 7.53. The fraction of sp³-hybridized carbons (Fsp3) is 0.158. The molecule has 0 radical (unpaired) electrons. The molecule has 0 aliphatic rings. The van der Waals surface area contributed by atoms with Crippen molar-refractivity contribution in [3.8, 4) is 23.0 Å². The largest absolute Gasteiger partial charge is 0.504 e. The van der Waals surface area contributed by atoms with E-state index in [0.29, 0.717) is 5.56 Å². The van der Waals surface area contributed by atoms with Crippen LogP contribution in [0.25, 0.3) is 6.08 Å². The van der Waals surface area contributed by atoms with Crippen LogP contribution in [0.4, 0.5) is 4.39 Å². The predicted molar refractivity (Wildman–Crippen MR) is 92.3 cm³/mol. The molecule has 0 saturated carbocycles. The number of hydrogen-bond acceptors (Lipinski definition) is 6. The van der Waals surface area contributed by atoms with Gasteiger partial charge in [-0.05, 0) is 12.2 Å². The van der Waals surface area contributed by atoms with E-state index in [1.165, 1.54) is 13.2 Å². The number of allylic oxidation sites excluding steroid dienone is 1. The van der Waals surface area contributed by atoms with Crippen molar-refractivity contribution in [3.05, 3.63) is 53.4 Å². The Hall–Kier alpha value is -3.35. The zero-order valence-electron chi connectivity index (χ0n) is 14.4. The maximum atomic E-state index is 14.4. The van der Waals surface area contributed by atoms with Gasteiger partial charge in [-0.1, -0.05) is 30.3 Å². The van der Waals surface area contributed by atoms with E-state index in [4.69, 9.17) is 14.2 Å². The number of benzene rings is 2. The van der Waals surface area contributed by atoms with E-state index < -0.39 is 23.3 Å². The second-order valence-corrected chi connectivity index (χ2v) is 5.13. The Labute approximate surface area is 149 Å². The number of ketones is 1. The topological polar surface area (TPSA) is 82.1 Å². The van der Waals surface area contributed by atoms with Crippen LogP contribution in [0.2, 0.25) is 0 Å². The quantitative estimate of drug-likeness (QED) is 0.368. The van der Waals surface area contributed by atoms with E-state index in [0.717, 1.165) is 20.1 Å². The molecule has 0 aliphatic heterocycles. The Bertz CT molecular complexity index is 858. The van der Waals surface area contributed by atoms with E-state index in [1.807, 2.05) is 0 Å². The number of phenolic OH excluding ortho intramolecular Hbond substituents is 1. The minimum atomic E-state index is -1.14. The number of esters is 1. The maximum Gasteiger partial charge on any atom is 0.308 e. The molecular weight excluding hydrogens is 343 g/mol. The molecule has 26 heavy (non-hydrogen) atoms. The summed E-state index contributed by atoms with van der Waals surface area (Å²) in [5.41, 5.74) is 0.253. The summed E-state index contributed by atoms with van der Waals surface area (Å²) in [6, 6.07) is 8.39. The number of methoxy groups -OCH3 is 2. The van der Waals surface area contributed by atoms with Crippen LogP contribution < -0.4 is 14.2 Å². The van der Waals surface area contributed by atoms with E-state index in [9.17, 15) is 19.1 Å². The van der Waals surface area contributed by atoms with Crippen molar-refractivity contribution in [2.45, 2.75) is 6.92 Å². The van der Waals surface area contributed by atoms with Gasteiger partial charge in [0.15, 0.2) is 17.3 Å². The second kappa shape index (κ2) is 8.15. The van der Waals surface area contributed by atoms with Crippen molar-refractivity contribution < 1.29 is 33.3 Å². The lowest BCUT2D eigenvalue weighted by Crippen LogP contribution is -2.07. The van der Waals surface area contributed by atoms with E-state index >= 15 is 0 Å². The molecular formula is C19H17FO6. The van der Waals surface area contributed by atoms with Crippen LogP contribution >= 0.6 is 0 Å². The lowest BCUT2D eigenvalue weighted by Gasteiger charge is -2.16. The number of aromatic hydroxyl groups is 1. The smallest absolute Gasteiger partial charge is 0.308 e. The number of carbonyl (C=O) groups is 2. The van der Waals surface area contributed by atoms with Gasteiger partial charge in [0.1, 0.15) is 0 Å². The highest BCUT2D eigenvalue weighted by atomic mass is 19.1. The standard InChI is InChI=1S/C19H17FO6/c1-11(21)26-19-17(24-2)13(16(23)15(20)18(19)25-3)9-10-14(22)12-7-5-4-6-8-12/h4-10,23H,1-3H3/b10-9+. The third-order valence-corrected chi connectivity index (χ3v) is 3.43. The lowest BCUT2D eigenvalue weighted by atomic mass is 10.1. The molecule has 1 N–H and O–H groups in total. The van der Waals surface area contributed by atoms with Crippen LogP contribution in [0, 0.1) is 5.82 Å². The molecule has 0 atom stereocenters. The van der Waals surface area contributed by atoms with Gasteiger partial charge in [0.05, 0.1) is 19.8 Å². The van der Waals surface area contributed by atoms with Gasteiger partial charge < -0.3 is 19.3 Å². The minimum absolute atomic E-state index is 0.145. The highest BCUT2D eigenvalue weighted by Crippen LogP contribution is 2.48. The van der Waals surface area contributed by atoms with E-state index in [1.54, 1.807) is 30.3 Å². The number of halogens is 1. The summed E-state index contributed by atoms with van der Waals surface area (Å²) in [7, 11) is 2.40. The molecule has 0 aromatic heterocycles. The molecule has 2 aromatic carbocycles. The summed E-state index contributed by atoms with van der Waals surface area (Å²) >= 11 is 0. The summed E-state index contributed by atoms with van der Waals surface area (Å²) in [4.78, 5) is 23.5. The number of rotatable bonds is 6. The van der Waals surface area contributed by atoms with Gasteiger partial charge in [-0.2, -0.15) is 4.39 Å². The Morgan fingerprint density at radius 2 is 1.65 bits per heavy atom. The summed E-state index contributed by atoms with van der Waals surface area (Å²) in [5.74, 6) is -4.00. The lowest BCUT2D eigenvalue weighted by molar-refractivity contribution is -0.132. The first-order valence-electron chi connectivity index (χ1n) is 7.53. The Morgan fingerprint density at radius 3 is 2.19 bits per heavy atom. The van der Waals surface area contributed by atoms with Crippen molar-refractivity contribution in [3.63, 3.8) is 0 Å². The normalized spacial score (nSPS) is 10.6. The highest BCUT2D eigenvalue weighted by molar-refractivity contribution is 6.07. The summed E-state index contributed by atoms with van der Waals surface area (Å²) in [6.45, 7) is 1.12. The molecule has 0 fully saturated rings. The third-order valence-electron chi connectivity index (χ3n) is 3.43. The molecule has 0 aliphatic carbocycles. The number of hydrogen-bond donors (Lipinski definition) is 1. The molecule has 7 heteroatoms.